The van der Waals surface area contributed by atoms with E-state index in [4.69, 9.17) is 4.74 Å². The fourth-order valence-electron chi connectivity index (χ4n) is 6.09. The maximum Gasteiger partial charge on any atom is 0.246 e. The van der Waals surface area contributed by atoms with E-state index < -0.39 is 23.1 Å². The number of halogens is 2. The molecule has 0 radical (unpaired) electrons. The third-order valence-electron chi connectivity index (χ3n) is 8.33. The fourth-order valence-corrected chi connectivity index (χ4v) is 6.09. The minimum Gasteiger partial charge on any atom is -0.487 e. The van der Waals surface area contributed by atoms with Crippen LogP contribution in [0.2, 0.25) is 0 Å². The Morgan fingerprint density at radius 2 is 1.83 bits per heavy atom. The zero-order valence-electron chi connectivity index (χ0n) is 22.2. The summed E-state index contributed by atoms with van der Waals surface area (Å²) in [5.74, 6) is -1.99. The van der Waals surface area contributed by atoms with Gasteiger partial charge < -0.3 is 15.0 Å². The molecule has 2 aliphatic heterocycles. The first-order chi connectivity index (χ1) is 17.0. The Labute approximate surface area is 213 Å². The van der Waals surface area contributed by atoms with Gasteiger partial charge in [0.15, 0.2) is 11.6 Å². The van der Waals surface area contributed by atoms with Gasteiger partial charge in [0.2, 0.25) is 11.8 Å². The number of hydrogen-bond acceptors (Lipinski definition) is 4. The normalized spacial score (nSPS) is 26.6. The summed E-state index contributed by atoms with van der Waals surface area (Å²) in [6.45, 7) is 11.0. The van der Waals surface area contributed by atoms with Gasteiger partial charge in [-0.1, -0.05) is 47.5 Å². The van der Waals surface area contributed by atoms with Gasteiger partial charge in [-0.05, 0) is 43.2 Å². The second-order valence-corrected chi connectivity index (χ2v) is 11.9. The van der Waals surface area contributed by atoms with Crippen molar-refractivity contribution in [2.24, 2.45) is 11.3 Å². The first-order valence-electron chi connectivity index (χ1n) is 13.5. The summed E-state index contributed by atoms with van der Waals surface area (Å²) in [6.07, 6.45) is 5.83. The second kappa shape index (κ2) is 10.6. The molecule has 2 saturated heterocycles. The highest BCUT2D eigenvalue weighted by atomic mass is 19.2. The molecule has 0 unspecified atom stereocenters. The lowest BCUT2D eigenvalue weighted by molar-refractivity contribution is -0.142. The molecule has 4 rings (SSSR count). The number of hydrogen-bond donors (Lipinski definition) is 1. The van der Waals surface area contributed by atoms with Gasteiger partial charge in [-0.2, -0.15) is 0 Å². The average Bonchev–Trinajstić information content (AvgIpc) is 3.56. The third kappa shape index (κ3) is 5.38. The Balaban J connectivity index is 1.61. The van der Waals surface area contributed by atoms with Gasteiger partial charge in [-0.25, -0.2) is 8.78 Å². The average molecular weight is 506 g/mol. The molecular formula is C28H41F2N3O3. The molecular weight excluding hydrogens is 464 g/mol. The number of carbonyl (C=O) groups is 2. The van der Waals surface area contributed by atoms with E-state index in [1.54, 1.807) is 0 Å². The van der Waals surface area contributed by atoms with Crippen LogP contribution in [0.25, 0.3) is 0 Å². The Hall–Kier alpha value is -2.22. The molecule has 2 amide bonds. The highest BCUT2D eigenvalue weighted by Crippen LogP contribution is 2.40. The molecule has 36 heavy (non-hydrogen) atoms. The molecule has 2 heterocycles. The van der Waals surface area contributed by atoms with Crippen LogP contribution < -0.4 is 10.1 Å². The molecule has 8 heteroatoms. The van der Waals surface area contributed by atoms with Gasteiger partial charge in [0.1, 0.15) is 17.9 Å². The van der Waals surface area contributed by atoms with Crippen molar-refractivity contribution in [1.29, 1.82) is 0 Å². The van der Waals surface area contributed by atoms with E-state index in [9.17, 15) is 18.4 Å². The molecule has 1 N–H and O–H groups in total. The second-order valence-electron chi connectivity index (χ2n) is 11.9. The minimum atomic E-state index is -0.949. The van der Waals surface area contributed by atoms with Crippen LogP contribution in [0, 0.1) is 23.0 Å². The van der Waals surface area contributed by atoms with Gasteiger partial charge in [0.05, 0.1) is 6.04 Å². The molecule has 3 aliphatic rings. The maximum absolute atomic E-state index is 14.0. The largest absolute Gasteiger partial charge is 0.487 e. The van der Waals surface area contributed by atoms with Gasteiger partial charge >= 0.3 is 0 Å². The molecule has 1 saturated carbocycles. The lowest BCUT2D eigenvalue weighted by Crippen LogP contribution is -2.58. The van der Waals surface area contributed by atoms with Gasteiger partial charge in [-0.3, -0.25) is 14.5 Å². The van der Waals surface area contributed by atoms with Crippen LogP contribution in [0.1, 0.15) is 73.1 Å². The number of ether oxygens (including phenoxy) is 1. The third-order valence-corrected chi connectivity index (χ3v) is 8.33. The number of benzene rings is 1. The summed E-state index contributed by atoms with van der Waals surface area (Å²) in [4.78, 5) is 31.2. The number of fused-ring (bicyclic) bond motifs is 1. The standard InChI is InChI=1S/C28H41F2N3O3/c1-6-17(2)26(34)31-25(28(3,4)5)27(35)32-14-13-22-24(32)23(16-33(22)18-9-7-8-10-18)36-19-11-12-20(29)21(30)15-19/h11-12,15,17-18,22-25H,6-10,13-14,16H2,1-5H3,(H,31,34)/t17-,22-,23+,24+,25-/m1/s1. The SMILES string of the molecule is CC[C@@H](C)C(=O)N[C@H](C(=O)N1CC[C@@H]2[C@H]1[C@@H](Oc1ccc(F)c(F)c1)CN2C1CCCC1)C(C)(C)C. The monoisotopic (exact) mass is 505 g/mol. The summed E-state index contributed by atoms with van der Waals surface area (Å²) in [7, 11) is 0. The molecule has 200 valence electrons. The summed E-state index contributed by atoms with van der Waals surface area (Å²) in [6, 6.07) is 3.32. The Bertz CT molecular complexity index is 960. The van der Waals surface area contributed by atoms with Crippen molar-refractivity contribution in [2.75, 3.05) is 13.1 Å². The Morgan fingerprint density at radius 1 is 1.14 bits per heavy atom. The predicted molar refractivity (Wildman–Crippen MR) is 134 cm³/mol. The molecule has 0 aromatic heterocycles. The molecule has 1 aromatic carbocycles. The van der Waals surface area contributed by atoms with E-state index in [0.29, 0.717) is 25.6 Å². The van der Waals surface area contributed by atoms with Crippen molar-refractivity contribution in [3.63, 3.8) is 0 Å². The quantitative estimate of drug-likeness (QED) is 0.592. The van der Waals surface area contributed by atoms with Crippen molar-refractivity contribution < 1.29 is 23.1 Å². The molecule has 0 bridgehead atoms. The minimum absolute atomic E-state index is 0.0983. The lowest BCUT2D eigenvalue weighted by Gasteiger charge is -2.37. The van der Waals surface area contributed by atoms with Crippen LogP contribution in [-0.4, -0.2) is 65.0 Å². The smallest absolute Gasteiger partial charge is 0.246 e. The number of amides is 2. The number of nitrogens with zero attached hydrogens (tertiary/aromatic N) is 2. The van der Waals surface area contributed by atoms with Crippen molar-refractivity contribution >= 4 is 11.8 Å². The van der Waals surface area contributed by atoms with E-state index >= 15 is 0 Å². The van der Waals surface area contributed by atoms with Gasteiger partial charge in [0, 0.05) is 37.2 Å². The lowest BCUT2D eigenvalue weighted by atomic mass is 9.85. The fraction of sp³-hybridized carbons (Fsp3) is 0.714. The predicted octanol–water partition coefficient (Wildman–Crippen LogP) is 4.52. The molecule has 1 aromatic rings. The summed E-state index contributed by atoms with van der Waals surface area (Å²) in [5.41, 5.74) is -0.474. The van der Waals surface area contributed by atoms with E-state index in [2.05, 4.69) is 10.2 Å². The number of likely N-dealkylation sites (tertiary alicyclic amines) is 2. The van der Waals surface area contributed by atoms with Crippen LogP contribution in [0.3, 0.4) is 0 Å². The Morgan fingerprint density at radius 3 is 2.44 bits per heavy atom. The maximum atomic E-state index is 14.0. The molecule has 5 atom stereocenters. The van der Waals surface area contributed by atoms with Crippen molar-refractivity contribution in [1.82, 2.24) is 15.1 Å². The molecule has 6 nitrogen and oxygen atoms in total. The number of carbonyl (C=O) groups excluding carboxylic acids is 2. The van der Waals surface area contributed by atoms with Crippen molar-refractivity contribution in [3.05, 3.63) is 29.8 Å². The van der Waals surface area contributed by atoms with Gasteiger partial charge in [-0.15, -0.1) is 0 Å². The van der Waals surface area contributed by atoms with Crippen LogP contribution in [0.15, 0.2) is 18.2 Å². The molecule has 3 fully saturated rings. The van der Waals surface area contributed by atoms with Gasteiger partial charge in [0.25, 0.3) is 0 Å². The van der Waals surface area contributed by atoms with E-state index in [-0.39, 0.29) is 41.7 Å². The van der Waals surface area contributed by atoms with Crippen LogP contribution in [0.4, 0.5) is 8.78 Å². The zero-order chi connectivity index (χ0) is 26.2. The summed E-state index contributed by atoms with van der Waals surface area (Å²) < 4.78 is 33.7. The topological polar surface area (TPSA) is 61.9 Å². The van der Waals surface area contributed by atoms with E-state index in [0.717, 1.165) is 31.4 Å². The van der Waals surface area contributed by atoms with Crippen LogP contribution >= 0.6 is 0 Å². The summed E-state index contributed by atoms with van der Waals surface area (Å²) >= 11 is 0. The molecule has 0 spiro atoms. The first-order valence-corrected chi connectivity index (χ1v) is 13.5. The highest BCUT2D eigenvalue weighted by molar-refractivity contribution is 5.89. The highest BCUT2D eigenvalue weighted by Gasteiger charge is 2.54. The van der Waals surface area contributed by atoms with Crippen molar-refractivity contribution in [3.8, 4) is 5.75 Å². The van der Waals surface area contributed by atoms with E-state index in [1.807, 2.05) is 39.5 Å². The van der Waals surface area contributed by atoms with E-state index in [1.165, 1.54) is 18.9 Å². The molecule has 1 aliphatic carbocycles. The number of nitrogens with one attached hydrogen (secondary N) is 1. The summed E-state index contributed by atoms with van der Waals surface area (Å²) in [5, 5.41) is 3.03. The number of rotatable bonds is 7. The van der Waals surface area contributed by atoms with Crippen LogP contribution in [0.5, 0.6) is 5.75 Å². The zero-order valence-corrected chi connectivity index (χ0v) is 22.2. The first kappa shape index (κ1) is 26.8. The Kier molecular flexibility index (Phi) is 7.93. The van der Waals surface area contributed by atoms with Crippen LogP contribution in [-0.2, 0) is 9.59 Å². The van der Waals surface area contributed by atoms with Crippen molar-refractivity contribution in [2.45, 2.75) is 103 Å².